The van der Waals surface area contributed by atoms with Crippen molar-refractivity contribution in [3.8, 4) is 0 Å². The predicted molar refractivity (Wildman–Crippen MR) is 76.3 cm³/mol. The van der Waals surface area contributed by atoms with Crippen LogP contribution >= 0.6 is 11.6 Å². The van der Waals surface area contributed by atoms with Crippen molar-refractivity contribution < 1.29 is 4.74 Å². The van der Waals surface area contributed by atoms with Crippen molar-refractivity contribution >= 4 is 11.6 Å². The lowest BCUT2D eigenvalue weighted by molar-refractivity contribution is 0.0492. The van der Waals surface area contributed by atoms with Crippen LogP contribution in [-0.2, 0) is 10.2 Å². The molecule has 0 aromatic heterocycles. The van der Waals surface area contributed by atoms with Gasteiger partial charge in [0.25, 0.3) is 0 Å². The van der Waals surface area contributed by atoms with Crippen molar-refractivity contribution in [2.75, 3.05) is 19.8 Å². The molecule has 0 atom stereocenters. The summed E-state index contributed by atoms with van der Waals surface area (Å²) in [4.78, 5) is 0. The number of ether oxygens (including phenoxy) is 1. The Morgan fingerprint density at radius 2 is 1.83 bits per heavy atom. The Morgan fingerprint density at radius 1 is 1.22 bits per heavy atom. The summed E-state index contributed by atoms with van der Waals surface area (Å²) in [6.07, 6.45) is 2.16. The lowest BCUT2D eigenvalue weighted by atomic mass is 9.74. The van der Waals surface area contributed by atoms with Crippen LogP contribution in [0, 0.1) is 0 Å². The number of hydrogen-bond acceptors (Lipinski definition) is 2. The molecule has 1 heterocycles. The van der Waals surface area contributed by atoms with Crippen molar-refractivity contribution in [3.63, 3.8) is 0 Å². The summed E-state index contributed by atoms with van der Waals surface area (Å²) in [5.41, 5.74) is 1.58. The van der Waals surface area contributed by atoms with Crippen molar-refractivity contribution in [1.29, 1.82) is 0 Å². The first-order chi connectivity index (χ1) is 8.62. The molecule has 1 N–H and O–H groups in total. The van der Waals surface area contributed by atoms with E-state index in [0.717, 1.165) is 37.6 Å². The van der Waals surface area contributed by atoms with Gasteiger partial charge in [-0.2, -0.15) is 0 Å². The van der Waals surface area contributed by atoms with Crippen LogP contribution in [0.2, 0.25) is 5.02 Å². The highest BCUT2D eigenvalue weighted by atomic mass is 35.5. The van der Waals surface area contributed by atoms with Crippen molar-refractivity contribution in [2.24, 2.45) is 0 Å². The van der Waals surface area contributed by atoms with Gasteiger partial charge in [-0.05, 0) is 30.5 Å². The highest BCUT2D eigenvalue weighted by Gasteiger charge is 2.34. The van der Waals surface area contributed by atoms with Crippen LogP contribution in [0.25, 0.3) is 0 Å². The molecular weight excluding hydrogens is 246 g/mol. The second-order valence-corrected chi connectivity index (χ2v) is 5.87. The molecule has 0 bridgehead atoms. The van der Waals surface area contributed by atoms with Crippen molar-refractivity contribution in [3.05, 3.63) is 34.9 Å². The van der Waals surface area contributed by atoms with Gasteiger partial charge in [0.2, 0.25) is 0 Å². The Bertz CT molecular complexity index is 369. The van der Waals surface area contributed by atoms with E-state index in [1.807, 2.05) is 12.1 Å². The van der Waals surface area contributed by atoms with E-state index >= 15 is 0 Å². The van der Waals surface area contributed by atoms with E-state index in [9.17, 15) is 0 Å². The van der Waals surface area contributed by atoms with Crippen LogP contribution < -0.4 is 5.32 Å². The Labute approximate surface area is 115 Å². The lowest BCUT2D eigenvalue weighted by Gasteiger charge is -2.38. The molecule has 0 aliphatic carbocycles. The van der Waals surface area contributed by atoms with E-state index in [-0.39, 0.29) is 5.41 Å². The second kappa shape index (κ2) is 6.05. The van der Waals surface area contributed by atoms with E-state index in [0.29, 0.717) is 6.04 Å². The molecule has 0 amide bonds. The Balaban J connectivity index is 2.20. The van der Waals surface area contributed by atoms with Gasteiger partial charge in [0.15, 0.2) is 0 Å². The molecule has 1 aromatic rings. The zero-order valence-corrected chi connectivity index (χ0v) is 12.0. The quantitative estimate of drug-likeness (QED) is 0.903. The van der Waals surface area contributed by atoms with Crippen LogP contribution in [0.15, 0.2) is 24.3 Å². The monoisotopic (exact) mass is 267 g/mol. The fourth-order valence-electron chi connectivity index (χ4n) is 2.53. The maximum absolute atomic E-state index is 5.98. The SMILES string of the molecule is CC(C)NCC1(c2ccc(Cl)cc2)CCOCC1. The van der Waals surface area contributed by atoms with Gasteiger partial charge < -0.3 is 10.1 Å². The first-order valence-corrected chi connectivity index (χ1v) is 7.07. The van der Waals surface area contributed by atoms with E-state index in [2.05, 4.69) is 31.3 Å². The average Bonchev–Trinajstić information content (AvgIpc) is 2.38. The molecule has 0 unspecified atom stereocenters. The molecule has 1 saturated heterocycles. The zero-order chi connectivity index (χ0) is 13.0. The molecular formula is C15H22ClNO. The summed E-state index contributed by atoms with van der Waals surface area (Å²) in [6, 6.07) is 8.81. The molecule has 0 radical (unpaired) electrons. The Kier molecular flexibility index (Phi) is 4.66. The third-order valence-corrected chi connectivity index (χ3v) is 4.01. The number of halogens is 1. The van der Waals surface area contributed by atoms with Gasteiger partial charge in [-0.3, -0.25) is 0 Å². The van der Waals surface area contributed by atoms with E-state index < -0.39 is 0 Å². The number of benzene rings is 1. The molecule has 2 nitrogen and oxygen atoms in total. The number of nitrogens with one attached hydrogen (secondary N) is 1. The number of hydrogen-bond donors (Lipinski definition) is 1. The van der Waals surface area contributed by atoms with Gasteiger partial charge in [-0.25, -0.2) is 0 Å². The predicted octanol–water partition coefficient (Wildman–Crippen LogP) is 3.39. The average molecular weight is 268 g/mol. The molecule has 100 valence electrons. The van der Waals surface area contributed by atoms with Gasteiger partial charge in [-0.15, -0.1) is 0 Å². The first kappa shape index (κ1) is 13.9. The van der Waals surface area contributed by atoms with Gasteiger partial charge in [0.05, 0.1) is 0 Å². The maximum Gasteiger partial charge on any atom is 0.0475 e. The smallest absolute Gasteiger partial charge is 0.0475 e. The molecule has 1 aromatic carbocycles. The molecule has 0 spiro atoms. The molecule has 2 rings (SSSR count). The summed E-state index contributed by atoms with van der Waals surface area (Å²) in [7, 11) is 0. The summed E-state index contributed by atoms with van der Waals surface area (Å²) in [5, 5.41) is 4.38. The Hall–Kier alpha value is -0.570. The fraction of sp³-hybridized carbons (Fsp3) is 0.600. The minimum atomic E-state index is 0.201. The van der Waals surface area contributed by atoms with Gasteiger partial charge in [0, 0.05) is 36.2 Å². The highest BCUT2D eigenvalue weighted by molar-refractivity contribution is 6.30. The highest BCUT2D eigenvalue weighted by Crippen LogP contribution is 2.34. The largest absolute Gasteiger partial charge is 0.381 e. The lowest BCUT2D eigenvalue weighted by Crippen LogP contribution is -2.44. The van der Waals surface area contributed by atoms with Crippen molar-refractivity contribution in [2.45, 2.75) is 38.1 Å². The summed E-state index contributed by atoms with van der Waals surface area (Å²) in [5.74, 6) is 0. The third-order valence-electron chi connectivity index (χ3n) is 3.76. The van der Waals surface area contributed by atoms with Crippen molar-refractivity contribution in [1.82, 2.24) is 5.32 Å². The second-order valence-electron chi connectivity index (χ2n) is 5.44. The maximum atomic E-state index is 5.98. The molecule has 1 fully saturated rings. The summed E-state index contributed by atoms with van der Waals surface area (Å²) < 4.78 is 5.52. The minimum absolute atomic E-state index is 0.201. The topological polar surface area (TPSA) is 21.3 Å². The fourth-order valence-corrected chi connectivity index (χ4v) is 2.66. The molecule has 3 heteroatoms. The van der Waals surface area contributed by atoms with E-state index in [1.165, 1.54) is 5.56 Å². The van der Waals surface area contributed by atoms with Gasteiger partial charge in [-0.1, -0.05) is 37.6 Å². The molecule has 18 heavy (non-hydrogen) atoms. The van der Waals surface area contributed by atoms with Crippen LogP contribution in [0.1, 0.15) is 32.3 Å². The first-order valence-electron chi connectivity index (χ1n) is 6.70. The number of rotatable bonds is 4. The van der Waals surface area contributed by atoms with E-state index in [1.54, 1.807) is 0 Å². The van der Waals surface area contributed by atoms with Gasteiger partial charge in [0.1, 0.15) is 0 Å². The van der Waals surface area contributed by atoms with Gasteiger partial charge >= 0.3 is 0 Å². The molecule has 1 aliphatic heterocycles. The van der Waals surface area contributed by atoms with E-state index in [4.69, 9.17) is 16.3 Å². The van der Waals surface area contributed by atoms with Crippen LogP contribution in [0.3, 0.4) is 0 Å². The minimum Gasteiger partial charge on any atom is -0.381 e. The standard InChI is InChI=1S/C15H22ClNO/c1-12(2)17-11-15(7-9-18-10-8-15)13-3-5-14(16)6-4-13/h3-6,12,17H,7-11H2,1-2H3. The Morgan fingerprint density at radius 3 is 2.39 bits per heavy atom. The van der Waals surface area contributed by atoms with Crippen LogP contribution in [0.4, 0.5) is 0 Å². The summed E-state index contributed by atoms with van der Waals surface area (Å²) in [6.45, 7) is 7.09. The van der Waals surface area contributed by atoms with Crippen LogP contribution in [-0.4, -0.2) is 25.8 Å². The zero-order valence-electron chi connectivity index (χ0n) is 11.2. The normalized spacial score (nSPS) is 19.1. The molecule has 1 aliphatic rings. The molecule has 0 saturated carbocycles. The van der Waals surface area contributed by atoms with Crippen LogP contribution in [0.5, 0.6) is 0 Å². The third kappa shape index (κ3) is 3.25. The summed E-state index contributed by atoms with van der Waals surface area (Å²) >= 11 is 5.98.